The molecule has 2 saturated heterocycles. The van der Waals surface area contributed by atoms with E-state index in [2.05, 4.69) is 29.0 Å². The standard InChI is InChI=1S/C28H41N3O2/c1-20(2)19-31-27(33)23-12-4-3-11-22(23)25(28(31)14-6-7-15-28)26(32)29-18-21-10-9-17-30-16-8-5-13-24(21)30/h3-4,11-12,20-21,24-25H,5-10,13-19H2,1-2H3,(H,29,32)/t21-,24+,25-/m0/s1. The molecule has 0 aromatic heterocycles. The number of nitrogens with zero attached hydrogens (tertiary/aromatic N) is 2. The number of hydrogen-bond acceptors (Lipinski definition) is 3. The third-order valence-corrected chi connectivity index (χ3v) is 8.87. The van der Waals surface area contributed by atoms with Crippen molar-refractivity contribution in [3.05, 3.63) is 35.4 Å². The zero-order valence-corrected chi connectivity index (χ0v) is 20.5. The van der Waals surface area contributed by atoms with Gasteiger partial charge in [0, 0.05) is 24.7 Å². The SMILES string of the molecule is CC(C)CN1C(=O)c2ccccc2[C@@H](C(=O)NC[C@@H]2CCCN3CCCC[C@H]23)C12CCCC2. The van der Waals surface area contributed by atoms with E-state index < -0.39 is 0 Å². The Kier molecular flexibility index (Phi) is 6.52. The Labute approximate surface area is 199 Å². The molecule has 180 valence electrons. The lowest BCUT2D eigenvalue weighted by atomic mass is 9.70. The zero-order valence-electron chi connectivity index (χ0n) is 20.5. The zero-order chi connectivity index (χ0) is 23.0. The summed E-state index contributed by atoms with van der Waals surface area (Å²) in [6, 6.07) is 8.52. The summed E-state index contributed by atoms with van der Waals surface area (Å²) in [5.41, 5.74) is 1.31. The van der Waals surface area contributed by atoms with Crippen LogP contribution in [0.3, 0.4) is 0 Å². The first-order chi connectivity index (χ1) is 16.0. The molecule has 1 aromatic rings. The van der Waals surface area contributed by atoms with Crippen LogP contribution in [-0.4, -0.2) is 59.4 Å². The van der Waals surface area contributed by atoms with E-state index in [4.69, 9.17) is 0 Å². The number of nitrogens with one attached hydrogen (secondary N) is 1. The van der Waals surface area contributed by atoms with E-state index in [-0.39, 0.29) is 23.3 Å². The normalized spacial score (nSPS) is 29.2. The molecule has 5 heteroatoms. The monoisotopic (exact) mass is 451 g/mol. The van der Waals surface area contributed by atoms with Crippen molar-refractivity contribution in [1.82, 2.24) is 15.1 Å². The van der Waals surface area contributed by atoms with Crippen molar-refractivity contribution in [2.75, 3.05) is 26.2 Å². The summed E-state index contributed by atoms with van der Waals surface area (Å²) >= 11 is 0. The maximum atomic E-state index is 14.0. The number of rotatable bonds is 5. The van der Waals surface area contributed by atoms with Crippen LogP contribution in [0, 0.1) is 11.8 Å². The van der Waals surface area contributed by atoms with Gasteiger partial charge >= 0.3 is 0 Å². The number of fused-ring (bicyclic) bond motifs is 2. The third-order valence-electron chi connectivity index (χ3n) is 8.87. The highest BCUT2D eigenvalue weighted by atomic mass is 16.2. The van der Waals surface area contributed by atoms with Crippen molar-refractivity contribution < 1.29 is 9.59 Å². The van der Waals surface area contributed by atoms with Crippen molar-refractivity contribution in [2.24, 2.45) is 11.8 Å². The molecule has 4 aliphatic rings. The fraction of sp³-hybridized carbons (Fsp3) is 0.714. The van der Waals surface area contributed by atoms with Gasteiger partial charge in [-0.05, 0) is 75.1 Å². The Morgan fingerprint density at radius 3 is 2.61 bits per heavy atom. The van der Waals surface area contributed by atoms with Crippen LogP contribution in [0.5, 0.6) is 0 Å². The minimum Gasteiger partial charge on any atom is -0.355 e. The second kappa shape index (κ2) is 9.40. The summed E-state index contributed by atoms with van der Waals surface area (Å²) in [5.74, 6) is 0.919. The van der Waals surface area contributed by atoms with Gasteiger partial charge in [0.1, 0.15) is 0 Å². The fourth-order valence-corrected chi connectivity index (χ4v) is 7.45. The molecule has 1 saturated carbocycles. The summed E-state index contributed by atoms with van der Waals surface area (Å²) < 4.78 is 0. The van der Waals surface area contributed by atoms with Gasteiger partial charge in [-0.1, -0.05) is 51.3 Å². The van der Waals surface area contributed by atoms with Crippen LogP contribution < -0.4 is 5.32 Å². The van der Waals surface area contributed by atoms with Gasteiger partial charge in [0.15, 0.2) is 0 Å². The van der Waals surface area contributed by atoms with Gasteiger partial charge in [-0.2, -0.15) is 0 Å². The summed E-state index contributed by atoms with van der Waals surface area (Å²) in [7, 11) is 0. The molecule has 5 rings (SSSR count). The van der Waals surface area contributed by atoms with Crippen molar-refractivity contribution in [2.45, 2.75) is 89.1 Å². The maximum absolute atomic E-state index is 14.0. The third kappa shape index (κ3) is 4.11. The highest BCUT2D eigenvalue weighted by molar-refractivity contribution is 6.02. The van der Waals surface area contributed by atoms with Crippen LogP contribution >= 0.6 is 0 Å². The first-order valence-electron chi connectivity index (χ1n) is 13.4. The summed E-state index contributed by atoms with van der Waals surface area (Å²) in [6.45, 7) is 8.28. The molecule has 0 unspecified atom stereocenters. The van der Waals surface area contributed by atoms with E-state index in [1.807, 2.05) is 24.3 Å². The Morgan fingerprint density at radius 2 is 1.82 bits per heavy atom. The van der Waals surface area contributed by atoms with Crippen LogP contribution in [0.2, 0.25) is 0 Å². The molecule has 1 spiro atoms. The number of carbonyl (C=O) groups is 2. The van der Waals surface area contributed by atoms with Gasteiger partial charge in [0.05, 0.1) is 11.5 Å². The van der Waals surface area contributed by atoms with Gasteiger partial charge in [-0.25, -0.2) is 0 Å². The predicted molar refractivity (Wildman–Crippen MR) is 131 cm³/mol. The predicted octanol–water partition coefficient (Wildman–Crippen LogP) is 4.58. The summed E-state index contributed by atoms with van der Waals surface area (Å²) in [5, 5.41) is 3.43. The first kappa shape index (κ1) is 22.9. The van der Waals surface area contributed by atoms with Crippen molar-refractivity contribution >= 4 is 11.8 Å². The quantitative estimate of drug-likeness (QED) is 0.713. The van der Waals surface area contributed by atoms with E-state index in [1.165, 1.54) is 45.2 Å². The fourth-order valence-electron chi connectivity index (χ4n) is 7.45. The molecule has 33 heavy (non-hydrogen) atoms. The van der Waals surface area contributed by atoms with Gasteiger partial charge in [0.2, 0.25) is 5.91 Å². The number of piperidine rings is 2. The van der Waals surface area contributed by atoms with E-state index in [9.17, 15) is 9.59 Å². The van der Waals surface area contributed by atoms with Crippen LogP contribution in [0.15, 0.2) is 24.3 Å². The average Bonchev–Trinajstić information content (AvgIpc) is 3.30. The Bertz CT molecular complexity index is 874. The molecule has 5 nitrogen and oxygen atoms in total. The van der Waals surface area contributed by atoms with Crippen LogP contribution in [-0.2, 0) is 4.79 Å². The molecule has 3 aliphatic heterocycles. The molecule has 0 radical (unpaired) electrons. The van der Waals surface area contributed by atoms with Gasteiger partial charge in [0.25, 0.3) is 5.91 Å². The lowest BCUT2D eigenvalue weighted by Crippen LogP contribution is -2.61. The lowest BCUT2D eigenvalue weighted by Gasteiger charge is -2.51. The second-order valence-corrected chi connectivity index (χ2v) is 11.4. The van der Waals surface area contributed by atoms with Crippen molar-refractivity contribution in [3.8, 4) is 0 Å². The largest absolute Gasteiger partial charge is 0.355 e. The van der Waals surface area contributed by atoms with Gasteiger partial charge in [-0.3, -0.25) is 9.59 Å². The molecular formula is C28H41N3O2. The Balaban J connectivity index is 1.42. The minimum absolute atomic E-state index is 0.121. The molecule has 3 atom stereocenters. The smallest absolute Gasteiger partial charge is 0.254 e. The molecule has 0 bridgehead atoms. The van der Waals surface area contributed by atoms with Gasteiger partial charge in [-0.15, -0.1) is 0 Å². The minimum atomic E-state index is -0.372. The number of amides is 2. The molecule has 3 fully saturated rings. The molecule has 2 amide bonds. The maximum Gasteiger partial charge on any atom is 0.254 e. The van der Waals surface area contributed by atoms with Crippen LogP contribution in [0.4, 0.5) is 0 Å². The first-order valence-corrected chi connectivity index (χ1v) is 13.4. The number of carbonyl (C=O) groups excluding carboxylic acids is 2. The van der Waals surface area contributed by atoms with E-state index in [0.717, 1.165) is 49.9 Å². The molecule has 1 N–H and O–H groups in total. The lowest BCUT2D eigenvalue weighted by molar-refractivity contribution is -0.127. The Hall–Kier alpha value is -1.88. The molecular weight excluding hydrogens is 410 g/mol. The highest BCUT2D eigenvalue weighted by Crippen LogP contribution is 2.50. The van der Waals surface area contributed by atoms with Crippen LogP contribution in [0.25, 0.3) is 0 Å². The van der Waals surface area contributed by atoms with Crippen molar-refractivity contribution in [1.29, 1.82) is 0 Å². The highest BCUT2D eigenvalue weighted by Gasteiger charge is 2.55. The van der Waals surface area contributed by atoms with Crippen LogP contribution in [0.1, 0.15) is 93.5 Å². The molecule has 1 aliphatic carbocycles. The molecule has 1 aromatic carbocycles. The average molecular weight is 452 g/mol. The summed E-state index contributed by atoms with van der Waals surface area (Å²) in [6.07, 6.45) is 10.4. The second-order valence-electron chi connectivity index (χ2n) is 11.4. The van der Waals surface area contributed by atoms with E-state index in [1.54, 1.807) is 0 Å². The van der Waals surface area contributed by atoms with Crippen molar-refractivity contribution in [3.63, 3.8) is 0 Å². The number of hydrogen-bond donors (Lipinski definition) is 1. The summed E-state index contributed by atoms with van der Waals surface area (Å²) in [4.78, 5) is 32.4. The van der Waals surface area contributed by atoms with Gasteiger partial charge < -0.3 is 15.1 Å². The number of benzene rings is 1. The van der Waals surface area contributed by atoms with E-state index >= 15 is 0 Å². The van der Waals surface area contributed by atoms with E-state index in [0.29, 0.717) is 17.9 Å². The molecule has 3 heterocycles. The topological polar surface area (TPSA) is 52.7 Å². The Morgan fingerprint density at radius 1 is 1.06 bits per heavy atom.